The lowest BCUT2D eigenvalue weighted by Gasteiger charge is -2.38. The monoisotopic (exact) mass is 342 g/mol. The zero-order valence-corrected chi connectivity index (χ0v) is 15.3. The van der Waals surface area contributed by atoms with Crippen molar-refractivity contribution in [2.24, 2.45) is 0 Å². The molecule has 25 heavy (non-hydrogen) atoms. The highest BCUT2D eigenvalue weighted by molar-refractivity contribution is 5.75. The maximum Gasteiger partial charge on any atom is 0.317 e. The van der Waals surface area contributed by atoms with Crippen LogP contribution in [0.3, 0.4) is 0 Å². The molecule has 0 bridgehead atoms. The summed E-state index contributed by atoms with van der Waals surface area (Å²) in [6.07, 6.45) is 4.96. The predicted octanol–water partition coefficient (Wildman–Crippen LogP) is 2.45. The number of carbonyl (C=O) groups excluding carboxylic acids is 1. The van der Waals surface area contributed by atoms with Crippen molar-refractivity contribution in [3.05, 3.63) is 29.8 Å². The van der Waals surface area contributed by atoms with Gasteiger partial charge >= 0.3 is 6.03 Å². The number of piperidine rings is 1. The van der Waals surface area contributed by atoms with Crippen LogP contribution < -0.4 is 10.2 Å². The van der Waals surface area contributed by atoms with E-state index in [0.29, 0.717) is 6.04 Å². The number of benzene rings is 1. The number of urea groups is 1. The van der Waals surface area contributed by atoms with Gasteiger partial charge in [-0.1, -0.05) is 18.2 Å². The van der Waals surface area contributed by atoms with Gasteiger partial charge in [-0.2, -0.15) is 0 Å². The molecule has 0 unspecified atom stereocenters. The lowest BCUT2D eigenvalue weighted by Crippen LogP contribution is -2.55. The summed E-state index contributed by atoms with van der Waals surface area (Å²) in [5.41, 5.74) is 2.61. The first-order valence-electron chi connectivity index (χ1n) is 9.81. The average molecular weight is 342 g/mol. The van der Waals surface area contributed by atoms with Gasteiger partial charge in [-0.15, -0.1) is 0 Å². The third-order valence-corrected chi connectivity index (χ3v) is 5.94. The van der Waals surface area contributed by atoms with Crippen LogP contribution in [0.15, 0.2) is 24.3 Å². The third kappa shape index (κ3) is 3.92. The Morgan fingerprint density at radius 3 is 2.28 bits per heavy atom. The number of anilines is 1. The van der Waals surface area contributed by atoms with Gasteiger partial charge in [0, 0.05) is 57.0 Å². The molecule has 3 fully saturated rings. The smallest absolute Gasteiger partial charge is 0.317 e. The first-order chi connectivity index (χ1) is 12.2. The van der Waals surface area contributed by atoms with Crippen molar-refractivity contribution in [3.8, 4) is 0 Å². The molecule has 1 aliphatic carbocycles. The van der Waals surface area contributed by atoms with E-state index in [2.05, 4.69) is 46.3 Å². The Kier molecular flexibility index (Phi) is 4.84. The molecule has 1 aromatic rings. The van der Waals surface area contributed by atoms with E-state index in [0.717, 1.165) is 58.2 Å². The Morgan fingerprint density at radius 2 is 1.64 bits per heavy atom. The normalized spacial score (nSPS) is 22.9. The van der Waals surface area contributed by atoms with Crippen LogP contribution in [0.25, 0.3) is 0 Å². The third-order valence-electron chi connectivity index (χ3n) is 5.94. The average Bonchev–Trinajstić information content (AvgIpc) is 3.48. The van der Waals surface area contributed by atoms with E-state index in [1.165, 1.54) is 24.1 Å². The molecular weight excluding hydrogens is 312 g/mol. The van der Waals surface area contributed by atoms with Gasteiger partial charge in [0.25, 0.3) is 0 Å². The van der Waals surface area contributed by atoms with E-state index in [4.69, 9.17) is 0 Å². The predicted molar refractivity (Wildman–Crippen MR) is 101 cm³/mol. The van der Waals surface area contributed by atoms with Gasteiger partial charge in [0.1, 0.15) is 0 Å². The van der Waals surface area contributed by atoms with Crippen LogP contribution in [-0.2, 0) is 0 Å². The van der Waals surface area contributed by atoms with Crippen LogP contribution in [0.4, 0.5) is 10.5 Å². The van der Waals surface area contributed by atoms with Crippen LogP contribution >= 0.6 is 0 Å². The number of hydrogen-bond acceptors (Lipinski definition) is 3. The lowest BCUT2D eigenvalue weighted by molar-refractivity contribution is 0.166. The summed E-state index contributed by atoms with van der Waals surface area (Å²) in [5, 5.41) is 3.28. The number of hydrogen-bond donors (Lipinski definition) is 1. The molecule has 4 rings (SSSR count). The van der Waals surface area contributed by atoms with Crippen LogP contribution in [-0.4, -0.2) is 67.2 Å². The van der Waals surface area contributed by atoms with Gasteiger partial charge < -0.3 is 20.0 Å². The number of amides is 2. The molecule has 5 heteroatoms. The molecule has 2 heterocycles. The summed E-state index contributed by atoms with van der Waals surface area (Å²) in [6, 6.07) is 9.85. The van der Waals surface area contributed by atoms with Gasteiger partial charge in [0.15, 0.2) is 0 Å². The molecule has 0 spiro atoms. The fourth-order valence-corrected chi connectivity index (χ4v) is 4.18. The van der Waals surface area contributed by atoms with E-state index in [9.17, 15) is 4.79 Å². The molecule has 5 nitrogen and oxygen atoms in total. The summed E-state index contributed by atoms with van der Waals surface area (Å²) in [6.45, 7) is 7.90. The van der Waals surface area contributed by atoms with Crippen LogP contribution in [0.5, 0.6) is 0 Å². The van der Waals surface area contributed by atoms with Crippen molar-refractivity contribution >= 4 is 11.7 Å². The quantitative estimate of drug-likeness (QED) is 0.917. The highest BCUT2D eigenvalue weighted by Crippen LogP contribution is 2.29. The van der Waals surface area contributed by atoms with Crippen LogP contribution in [0.1, 0.15) is 31.2 Å². The SMILES string of the molecule is Cc1ccccc1N1CCN(C(=O)NC2CCN(C3CC3)CC2)CC1. The molecule has 3 aliphatic rings. The summed E-state index contributed by atoms with van der Waals surface area (Å²) in [5.74, 6) is 0. The molecule has 2 amide bonds. The number of nitrogens with one attached hydrogen (secondary N) is 1. The standard InChI is InChI=1S/C20H30N4O/c1-16-4-2-3-5-19(16)23-12-14-24(15-13-23)20(25)21-17-8-10-22(11-9-17)18-6-7-18/h2-5,17-18H,6-15H2,1H3,(H,21,25). The molecule has 1 aromatic carbocycles. The highest BCUT2D eigenvalue weighted by Gasteiger charge is 2.32. The number of likely N-dealkylation sites (tertiary alicyclic amines) is 1. The first kappa shape index (κ1) is 16.7. The number of carbonyl (C=O) groups is 1. The van der Waals surface area contributed by atoms with E-state index in [1.807, 2.05) is 4.90 Å². The lowest BCUT2D eigenvalue weighted by atomic mass is 10.1. The fourth-order valence-electron chi connectivity index (χ4n) is 4.18. The van der Waals surface area contributed by atoms with Crippen molar-refractivity contribution in [2.75, 3.05) is 44.2 Å². The number of para-hydroxylation sites is 1. The van der Waals surface area contributed by atoms with Gasteiger partial charge in [-0.3, -0.25) is 0 Å². The molecule has 1 saturated carbocycles. The second-order valence-electron chi connectivity index (χ2n) is 7.75. The Hall–Kier alpha value is -1.75. The molecule has 2 saturated heterocycles. The molecule has 2 aliphatic heterocycles. The fraction of sp³-hybridized carbons (Fsp3) is 0.650. The minimum absolute atomic E-state index is 0.134. The van der Waals surface area contributed by atoms with Crippen LogP contribution in [0, 0.1) is 6.92 Å². The largest absolute Gasteiger partial charge is 0.368 e. The zero-order valence-electron chi connectivity index (χ0n) is 15.3. The number of nitrogens with zero attached hydrogens (tertiary/aromatic N) is 3. The van der Waals surface area contributed by atoms with Crippen LogP contribution in [0.2, 0.25) is 0 Å². The van der Waals surface area contributed by atoms with Gasteiger partial charge in [0.05, 0.1) is 0 Å². The molecule has 0 radical (unpaired) electrons. The van der Waals surface area contributed by atoms with E-state index in [1.54, 1.807) is 0 Å². The number of piperazine rings is 1. The minimum Gasteiger partial charge on any atom is -0.368 e. The maximum absolute atomic E-state index is 12.6. The Balaban J connectivity index is 1.23. The molecule has 0 atom stereocenters. The van der Waals surface area contributed by atoms with Gasteiger partial charge in [-0.05, 0) is 44.2 Å². The summed E-state index contributed by atoms with van der Waals surface area (Å²) < 4.78 is 0. The van der Waals surface area contributed by atoms with Crippen molar-refractivity contribution in [1.82, 2.24) is 15.1 Å². The summed E-state index contributed by atoms with van der Waals surface area (Å²) in [4.78, 5) is 19.6. The van der Waals surface area contributed by atoms with Crippen molar-refractivity contribution in [2.45, 2.75) is 44.7 Å². The van der Waals surface area contributed by atoms with E-state index < -0.39 is 0 Å². The summed E-state index contributed by atoms with van der Waals surface area (Å²) >= 11 is 0. The van der Waals surface area contributed by atoms with Gasteiger partial charge in [-0.25, -0.2) is 4.79 Å². The first-order valence-corrected chi connectivity index (χ1v) is 9.81. The van der Waals surface area contributed by atoms with E-state index in [-0.39, 0.29) is 6.03 Å². The Labute approximate surface area is 151 Å². The Morgan fingerprint density at radius 1 is 0.960 bits per heavy atom. The molecule has 0 aromatic heterocycles. The second kappa shape index (κ2) is 7.24. The maximum atomic E-state index is 12.6. The topological polar surface area (TPSA) is 38.8 Å². The van der Waals surface area contributed by atoms with Gasteiger partial charge in [0.2, 0.25) is 0 Å². The molecule has 136 valence electrons. The molecular formula is C20H30N4O. The van der Waals surface area contributed by atoms with Crippen molar-refractivity contribution in [1.29, 1.82) is 0 Å². The molecule has 1 N–H and O–H groups in total. The number of aryl methyl sites for hydroxylation is 1. The number of rotatable bonds is 3. The second-order valence-corrected chi connectivity index (χ2v) is 7.75. The van der Waals surface area contributed by atoms with Crippen molar-refractivity contribution < 1.29 is 4.79 Å². The zero-order chi connectivity index (χ0) is 17.2. The van der Waals surface area contributed by atoms with Crippen molar-refractivity contribution in [3.63, 3.8) is 0 Å². The van der Waals surface area contributed by atoms with E-state index >= 15 is 0 Å². The Bertz CT molecular complexity index is 599. The minimum atomic E-state index is 0.134. The highest BCUT2D eigenvalue weighted by atomic mass is 16.2. The summed E-state index contributed by atoms with van der Waals surface area (Å²) in [7, 11) is 0.